The number of piperidine rings is 1. The number of nitrogens with zero attached hydrogens (tertiary/aromatic N) is 1. The van der Waals surface area contributed by atoms with Crippen LogP contribution in [0.4, 0.5) is 11.4 Å². The number of nitrogens with one attached hydrogen (secondary N) is 3. The Hall–Kier alpha value is -1.91. The Labute approximate surface area is 164 Å². The SMILES string of the molecule is C[C@H]1C[C@@H](C(=O)NCCNc2ccc(S(C)(=O)=O)cc2[N+](=O)[O-])CCN1.Cl. The van der Waals surface area contributed by atoms with Gasteiger partial charge in [-0.25, -0.2) is 8.42 Å². The van der Waals surface area contributed by atoms with Crippen molar-refractivity contribution in [3.63, 3.8) is 0 Å². The van der Waals surface area contributed by atoms with E-state index in [0.717, 1.165) is 31.7 Å². The van der Waals surface area contributed by atoms with E-state index in [2.05, 4.69) is 16.0 Å². The van der Waals surface area contributed by atoms with Crippen LogP contribution in [0.2, 0.25) is 0 Å². The summed E-state index contributed by atoms with van der Waals surface area (Å²) < 4.78 is 23.1. The molecule has 1 fully saturated rings. The van der Waals surface area contributed by atoms with Crippen molar-refractivity contribution in [3.05, 3.63) is 28.3 Å². The normalized spacial score (nSPS) is 19.6. The molecule has 1 aliphatic rings. The molecular formula is C16H25ClN4O5S. The van der Waals surface area contributed by atoms with Gasteiger partial charge in [-0.15, -0.1) is 12.4 Å². The number of sulfone groups is 1. The van der Waals surface area contributed by atoms with E-state index in [0.29, 0.717) is 19.1 Å². The van der Waals surface area contributed by atoms with Crippen LogP contribution in [-0.2, 0) is 14.6 Å². The van der Waals surface area contributed by atoms with E-state index in [-0.39, 0.29) is 40.5 Å². The number of hydrogen-bond acceptors (Lipinski definition) is 7. The minimum Gasteiger partial charge on any atom is -0.378 e. The minimum atomic E-state index is -3.52. The fourth-order valence-corrected chi connectivity index (χ4v) is 3.58. The molecule has 0 bridgehead atoms. The third-order valence-corrected chi connectivity index (χ3v) is 5.44. The molecule has 0 spiro atoms. The van der Waals surface area contributed by atoms with Gasteiger partial charge < -0.3 is 16.0 Å². The van der Waals surface area contributed by atoms with Crippen molar-refractivity contribution in [1.82, 2.24) is 10.6 Å². The number of benzene rings is 1. The third-order valence-electron chi connectivity index (χ3n) is 4.33. The molecular weight excluding hydrogens is 396 g/mol. The van der Waals surface area contributed by atoms with Gasteiger partial charge in [0.2, 0.25) is 5.91 Å². The maximum absolute atomic E-state index is 12.1. The first-order valence-electron chi connectivity index (χ1n) is 8.42. The number of nitro groups is 1. The predicted molar refractivity (Wildman–Crippen MR) is 105 cm³/mol. The molecule has 152 valence electrons. The lowest BCUT2D eigenvalue weighted by Crippen LogP contribution is -2.43. The summed E-state index contributed by atoms with van der Waals surface area (Å²) in [7, 11) is -3.52. The summed E-state index contributed by atoms with van der Waals surface area (Å²) >= 11 is 0. The van der Waals surface area contributed by atoms with Crippen molar-refractivity contribution in [2.75, 3.05) is 31.2 Å². The molecule has 2 rings (SSSR count). The molecule has 1 aromatic carbocycles. The highest BCUT2D eigenvalue weighted by Crippen LogP contribution is 2.27. The van der Waals surface area contributed by atoms with Gasteiger partial charge in [0.05, 0.1) is 9.82 Å². The first-order chi connectivity index (χ1) is 12.2. The van der Waals surface area contributed by atoms with Gasteiger partial charge in [-0.1, -0.05) is 0 Å². The van der Waals surface area contributed by atoms with Gasteiger partial charge >= 0.3 is 0 Å². The highest BCUT2D eigenvalue weighted by Gasteiger charge is 2.24. The number of amides is 1. The van der Waals surface area contributed by atoms with E-state index >= 15 is 0 Å². The fourth-order valence-electron chi connectivity index (χ4n) is 2.94. The molecule has 27 heavy (non-hydrogen) atoms. The number of nitro benzene ring substituents is 1. The lowest BCUT2D eigenvalue weighted by atomic mass is 9.92. The van der Waals surface area contributed by atoms with E-state index in [9.17, 15) is 23.3 Å². The lowest BCUT2D eigenvalue weighted by molar-refractivity contribution is -0.384. The van der Waals surface area contributed by atoms with Crippen LogP contribution in [-0.4, -0.2) is 51.2 Å². The second-order valence-corrected chi connectivity index (χ2v) is 8.52. The maximum Gasteiger partial charge on any atom is 0.293 e. The summed E-state index contributed by atoms with van der Waals surface area (Å²) in [6.45, 7) is 3.48. The van der Waals surface area contributed by atoms with E-state index < -0.39 is 14.8 Å². The molecule has 3 N–H and O–H groups in total. The Kier molecular flexibility index (Phi) is 8.45. The van der Waals surface area contributed by atoms with Crippen molar-refractivity contribution in [2.45, 2.75) is 30.7 Å². The zero-order chi connectivity index (χ0) is 19.3. The van der Waals surface area contributed by atoms with Gasteiger partial charge in [-0.3, -0.25) is 14.9 Å². The van der Waals surface area contributed by atoms with Crippen LogP contribution in [0.25, 0.3) is 0 Å². The molecule has 0 aromatic heterocycles. The number of carbonyl (C=O) groups excluding carboxylic acids is 1. The molecule has 0 radical (unpaired) electrons. The van der Waals surface area contributed by atoms with Gasteiger partial charge in [-0.05, 0) is 38.4 Å². The van der Waals surface area contributed by atoms with Crippen molar-refractivity contribution in [2.24, 2.45) is 5.92 Å². The first kappa shape index (κ1) is 23.1. The summed E-state index contributed by atoms with van der Waals surface area (Å²) in [5, 5.41) is 20.2. The Morgan fingerprint density at radius 2 is 2.07 bits per heavy atom. The summed E-state index contributed by atoms with van der Waals surface area (Å²) in [5.74, 6) is -0.0308. The Balaban J connectivity index is 0.00000364. The monoisotopic (exact) mass is 420 g/mol. The number of rotatable bonds is 7. The van der Waals surface area contributed by atoms with E-state index in [1.165, 1.54) is 12.1 Å². The highest BCUT2D eigenvalue weighted by atomic mass is 35.5. The topological polar surface area (TPSA) is 130 Å². The molecule has 9 nitrogen and oxygen atoms in total. The molecule has 11 heteroatoms. The lowest BCUT2D eigenvalue weighted by Gasteiger charge is -2.27. The summed E-state index contributed by atoms with van der Waals surface area (Å²) in [6.07, 6.45) is 2.58. The average molecular weight is 421 g/mol. The van der Waals surface area contributed by atoms with Crippen molar-refractivity contribution >= 4 is 39.5 Å². The smallest absolute Gasteiger partial charge is 0.293 e. The molecule has 1 aliphatic heterocycles. The summed E-state index contributed by atoms with van der Waals surface area (Å²) in [5.41, 5.74) is -0.0985. The largest absolute Gasteiger partial charge is 0.378 e. The predicted octanol–water partition coefficient (Wildman–Crippen LogP) is 1.34. The van der Waals surface area contributed by atoms with Crippen molar-refractivity contribution in [1.29, 1.82) is 0 Å². The third kappa shape index (κ3) is 6.64. The maximum atomic E-state index is 12.1. The second-order valence-electron chi connectivity index (χ2n) is 6.50. The van der Waals surface area contributed by atoms with E-state index in [1.807, 2.05) is 6.92 Å². The van der Waals surface area contributed by atoms with Crippen LogP contribution >= 0.6 is 12.4 Å². The fraction of sp³-hybridized carbons (Fsp3) is 0.562. The number of halogens is 1. The van der Waals surface area contributed by atoms with E-state index in [4.69, 9.17) is 0 Å². The molecule has 0 aliphatic carbocycles. The standard InChI is InChI=1S/C16H24N4O5S.ClH/c1-11-9-12(5-6-17-11)16(21)19-8-7-18-14-4-3-13(26(2,24)25)10-15(14)20(22)23;/h3-4,10-12,17-18H,5-9H2,1-2H3,(H,19,21);1H/t11-,12-;/m0./s1. The molecule has 2 atom stereocenters. The van der Waals surface area contributed by atoms with Crippen LogP contribution in [0, 0.1) is 16.0 Å². The molecule has 0 saturated carbocycles. The Morgan fingerprint density at radius 3 is 2.67 bits per heavy atom. The second kappa shape index (κ2) is 9.86. The minimum absolute atomic E-state index is 0. The van der Waals surface area contributed by atoms with Crippen LogP contribution in [0.3, 0.4) is 0 Å². The van der Waals surface area contributed by atoms with Gasteiger partial charge in [0.15, 0.2) is 9.84 Å². The van der Waals surface area contributed by atoms with Gasteiger partial charge in [0, 0.05) is 37.4 Å². The first-order valence-corrected chi connectivity index (χ1v) is 10.3. The molecule has 1 aromatic rings. The van der Waals surface area contributed by atoms with Crippen LogP contribution in [0.1, 0.15) is 19.8 Å². The Bertz CT molecular complexity index is 787. The van der Waals surface area contributed by atoms with Crippen LogP contribution < -0.4 is 16.0 Å². The van der Waals surface area contributed by atoms with Crippen molar-refractivity contribution < 1.29 is 18.1 Å². The zero-order valence-electron chi connectivity index (χ0n) is 15.2. The average Bonchev–Trinajstić information content (AvgIpc) is 2.57. The van der Waals surface area contributed by atoms with Gasteiger partial charge in [0.25, 0.3) is 5.69 Å². The van der Waals surface area contributed by atoms with Gasteiger partial charge in [0.1, 0.15) is 5.69 Å². The Morgan fingerprint density at radius 1 is 1.37 bits per heavy atom. The molecule has 1 amide bonds. The zero-order valence-corrected chi connectivity index (χ0v) is 16.9. The summed E-state index contributed by atoms with van der Waals surface area (Å²) in [4.78, 5) is 22.6. The number of carbonyl (C=O) groups is 1. The molecule has 0 unspecified atom stereocenters. The van der Waals surface area contributed by atoms with Gasteiger partial charge in [-0.2, -0.15) is 0 Å². The van der Waals surface area contributed by atoms with Crippen LogP contribution in [0.15, 0.2) is 23.1 Å². The van der Waals surface area contributed by atoms with Crippen molar-refractivity contribution in [3.8, 4) is 0 Å². The number of anilines is 1. The van der Waals surface area contributed by atoms with E-state index in [1.54, 1.807) is 0 Å². The molecule has 1 saturated heterocycles. The number of hydrogen-bond donors (Lipinski definition) is 3. The highest BCUT2D eigenvalue weighted by molar-refractivity contribution is 7.90. The van der Waals surface area contributed by atoms with Crippen LogP contribution in [0.5, 0.6) is 0 Å². The molecule has 1 heterocycles. The quantitative estimate of drug-likeness (QED) is 0.344. The summed E-state index contributed by atoms with van der Waals surface area (Å²) in [6, 6.07) is 4.03.